The van der Waals surface area contributed by atoms with Crippen LogP contribution in [0.15, 0.2) is 41.8 Å². The number of rotatable bonds is 8. The monoisotopic (exact) mass is 370 g/mol. The molecule has 0 atom stereocenters. The summed E-state index contributed by atoms with van der Waals surface area (Å²) in [7, 11) is 1.62. The molecule has 2 aromatic heterocycles. The molecule has 2 N–H and O–H groups in total. The molecule has 0 aromatic carbocycles. The molecule has 0 bridgehead atoms. The summed E-state index contributed by atoms with van der Waals surface area (Å²) < 4.78 is 43.5. The zero-order valence-electron chi connectivity index (χ0n) is 14.3. The molecule has 2 heterocycles. The van der Waals surface area contributed by atoms with Gasteiger partial charge in [-0.05, 0) is 18.6 Å². The molecule has 0 saturated carbocycles. The zero-order valence-corrected chi connectivity index (χ0v) is 14.3. The predicted molar refractivity (Wildman–Crippen MR) is 90.8 cm³/mol. The highest BCUT2D eigenvalue weighted by Gasteiger charge is 2.29. The number of aliphatic imine (C=N–C) groups is 1. The van der Waals surface area contributed by atoms with E-state index in [9.17, 15) is 13.2 Å². The molecule has 7 nitrogen and oxygen atoms in total. The lowest BCUT2D eigenvalue weighted by Crippen LogP contribution is -2.37. The summed E-state index contributed by atoms with van der Waals surface area (Å²) >= 11 is 0. The summed E-state index contributed by atoms with van der Waals surface area (Å²) in [6.45, 7) is 0.302. The number of halogens is 3. The Hall–Kier alpha value is -2.78. The maximum Gasteiger partial charge on any atom is 0.422 e. The first kappa shape index (κ1) is 19.5. The molecule has 0 spiro atoms. The maximum atomic E-state index is 12.3. The summed E-state index contributed by atoms with van der Waals surface area (Å²) in [5.74, 6) is 0.488. The highest BCUT2D eigenvalue weighted by Crippen LogP contribution is 2.19. The average molecular weight is 370 g/mol. The molecular formula is C16H21F3N6O. The molecule has 10 heteroatoms. The summed E-state index contributed by atoms with van der Waals surface area (Å²) in [4.78, 5) is 7.94. The first-order valence-electron chi connectivity index (χ1n) is 8.03. The van der Waals surface area contributed by atoms with Crippen molar-refractivity contribution in [2.45, 2.75) is 25.7 Å². The van der Waals surface area contributed by atoms with Gasteiger partial charge < -0.3 is 15.4 Å². The molecule has 142 valence electrons. The Bertz CT molecular complexity index is 688. The van der Waals surface area contributed by atoms with Crippen LogP contribution in [-0.2, 0) is 13.1 Å². The van der Waals surface area contributed by atoms with Crippen molar-refractivity contribution in [3.8, 4) is 5.88 Å². The van der Waals surface area contributed by atoms with Crippen LogP contribution in [0.4, 0.5) is 13.2 Å². The lowest BCUT2D eigenvalue weighted by atomic mass is 10.2. The quantitative estimate of drug-likeness (QED) is 0.422. The first-order chi connectivity index (χ1) is 12.5. The number of alkyl halides is 3. The van der Waals surface area contributed by atoms with Crippen molar-refractivity contribution in [3.05, 3.63) is 42.4 Å². The van der Waals surface area contributed by atoms with Crippen LogP contribution < -0.4 is 15.4 Å². The van der Waals surface area contributed by atoms with Crippen molar-refractivity contribution in [2.75, 3.05) is 20.2 Å². The second-order valence-corrected chi connectivity index (χ2v) is 5.35. The topological polar surface area (TPSA) is 76.4 Å². The summed E-state index contributed by atoms with van der Waals surface area (Å²) in [6, 6.07) is 5.15. The normalized spacial score (nSPS) is 12.1. The third-order valence-corrected chi connectivity index (χ3v) is 3.31. The number of guanidine groups is 1. The second kappa shape index (κ2) is 9.64. The van der Waals surface area contributed by atoms with Crippen molar-refractivity contribution >= 4 is 5.96 Å². The number of nitrogens with zero attached hydrogens (tertiary/aromatic N) is 4. The molecule has 0 radical (unpaired) electrons. The van der Waals surface area contributed by atoms with E-state index < -0.39 is 12.8 Å². The standard InChI is InChI=1S/C16H21F3N6O/c1-20-15(22-7-3-9-25-10-4-8-24-25)23-11-13-5-2-6-21-14(13)26-12-16(17,18)19/h2,4-6,8,10H,3,7,9,11-12H2,1H3,(H2,20,22,23). The molecule has 0 aliphatic carbocycles. The zero-order chi connectivity index (χ0) is 18.8. The van der Waals surface area contributed by atoms with E-state index in [1.807, 2.05) is 16.9 Å². The van der Waals surface area contributed by atoms with Crippen LogP contribution in [0.25, 0.3) is 0 Å². The fourth-order valence-corrected chi connectivity index (χ4v) is 2.12. The van der Waals surface area contributed by atoms with Crippen molar-refractivity contribution in [3.63, 3.8) is 0 Å². The van der Waals surface area contributed by atoms with Gasteiger partial charge in [-0.15, -0.1) is 0 Å². The van der Waals surface area contributed by atoms with E-state index in [0.29, 0.717) is 18.1 Å². The van der Waals surface area contributed by atoms with Crippen molar-refractivity contribution in [1.82, 2.24) is 25.4 Å². The minimum absolute atomic E-state index is 0.0496. The molecule has 0 fully saturated rings. The van der Waals surface area contributed by atoms with Gasteiger partial charge in [0.1, 0.15) is 0 Å². The van der Waals surface area contributed by atoms with Crippen molar-refractivity contribution in [1.29, 1.82) is 0 Å². The molecule has 0 unspecified atom stereocenters. The number of nitrogens with one attached hydrogen (secondary N) is 2. The Morgan fingerprint density at radius 1 is 1.27 bits per heavy atom. The number of aromatic nitrogens is 3. The van der Waals surface area contributed by atoms with E-state index in [1.54, 1.807) is 25.4 Å². The van der Waals surface area contributed by atoms with Gasteiger partial charge in [0.15, 0.2) is 12.6 Å². The van der Waals surface area contributed by atoms with Crippen LogP contribution in [0, 0.1) is 0 Å². The molecule has 0 saturated heterocycles. The number of ether oxygens (including phenoxy) is 1. The van der Waals surface area contributed by atoms with Gasteiger partial charge in [0.2, 0.25) is 5.88 Å². The Morgan fingerprint density at radius 3 is 2.81 bits per heavy atom. The van der Waals surface area contributed by atoms with Crippen molar-refractivity contribution in [2.24, 2.45) is 4.99 Å². The van der Waals surface area contributed by atoms with Crippen LogP contribution >= 0.6 is 0 Å². The van der Waals surface area contributed by atoms with E-state index in [4.69, 9.17) is 4.74 Å². The molecule has 2 rings (SSSR count). The van der Waals surface area contributed by atoms with E-state index in [1.165, 1.54) is 6.20 Å². The highest BCUT2D eigenvalue weighted by molar-refractivity contribution is 5.79. The van der Waals surface area contributed by atoms with Crippen LogP contribution in [0.5, 0.6) is 5.88 Å². The second-order valence-electron chi connectivity index (χ2n) is 5.35. The van der Waals surface area contributed by atoms with Gasteiger partial charge in [-0.25, -0.2) is 4.98 Å². The maximum absolute atomic E-state index is 12.3. The Morgan fingerprint density at radius 2 is 2.12 bits per heavy atom. The van der Waals surface area contributed by atoms with Crippen LogP contribution in [0.1, 0.15) is 12.0 Å². The summed E-state index contributed by atoms with van der Waals surface area (Å²) in [5, 5.41) is 10.3. The lowest BCUT2D eigenvalue weighted by molar-refractivity contribution is -0.154. The van der Waals surface area contributed by atoms with Gasteiger partial charge in [-0.2, -0.15) is 18.3 Å². The number of hydrogen-bond donors (Lipinski definition) is 2. The fourth-order valence-electron chi connectivity index (χ4n) is 2.12. The smallest absolute Gasteiger partial charge is 0.422 e. The molecule has 0 aliphatic heterocycles. The average Bonchev–Trinajstić information content (AvgIpc) is 3.13. The van der Waals surface area contributed by atoms with Crippen LogP contribution in [0.2, 0.25) is 0 Å². The summed E-state index contributed by atoms with van der Waals surface area (Å²) in [6.07, 6.45) is 1.43. The Balaban J connectivity index is 1.78. The van der Waals surface area contributed by atoms with Crippen LogP contribution in [0.3, 0.4) is 0 Å². The van der Waals surface area contributed by atoms with Gasteiger partial charge in [0.25, 0.3) is 0 Å². The molecule has 0 amide bonds. The molecule has 26 heavy (non-hydrogen) atoms. The van der Waals surface area contributed by atoms with Gasteiger partial charge in [-0.3, -0.25) is 9.67 Å². The van der Waals surface area contributed by atoms with E-state index in [2.05, 4.69) is 25.7 Å². The minimum Gasteiger partial charge on any atom is -0.468 e. The van der Waals surface area contributed by atoms with E-state index in [0.717, 1.165) is 13.0 Å². The number of aryl methyl sites for hydroxylation is 1. The molecule has 2 aromatic rings. The fraction of sp³-hybridized carbons (Fsp3) is 0.438. The molecular weight excluding hydrogens is 349 g/mol. The Labute approximate surface area is 149 Å². The number of hydrogen-bond acceptors (Lipinski definition) is 4. The van der Waals surface area contributed by atoms with Crippen molar-refractivity contribution < 1.29 is 17.9 Å². The van der Waals surface area contributed by atoms with Crippen LogP contribution in [-0.4, -0.2) is 47.1 Å². The Kier molecular flexibility index (Phi) is 7.24. The third kappa shape index (κ3) is 6.99. The minimum atomic E-state index is -4.41. The van der Waals surface area contributed by atoms with E-state index >= 15 is 0 Å². The SMILES string of the molecule is CN=C(NCCCn1cccn1)NCc1cccnc1OCC(F)(F)F. The van der Waals surface area contributed by atoms with Gasteiger partial charge >= 0.3 is 6.18 Å². The van der Waals surface area contributed by atoms with Gasteiger partial charge in [0, 0.05) is 50.8 Å². The van der Waals surface area contributed by atoms with E-state index in [-0.39, 0.29) is 12.4 Å². The third-order valence-electron chi connectivity index (χ3n) is 3.31. The van der Waals surface area contributed by atoms with Gasteiger partial charge in [-0.1, -0.05) is 6.07 Å². The highest BCUT2D eigenvalue weighted by atomic mass is 19.4. The number of pyridine rings is 1. The predicted octanol–water partition coefficient (Wildman–Crippen LogP) is 1.97. The largest absolute Gasteiger partial charge is 0.468 e. The first-order valence-corrected chi connectivity index (χ1v) is 8.03. The van der Waals surface area contributed by atoms with Gasteiger partial charge in [0.05, 0.1) is 0 Å². The summed E-state index contributed by atoms with van der Waals surface area (Å²) in [5.41, 5.74) is 0.510. The molecule has 0 aliphatic rings. The lowest BCUT2D eigenvalue weighted by Gasteiger charge is -2.14.